The molecule has 0 bridgehead atoms. The summed E-state index contributed by atoms with van der Waals surface area (Å²) in [6.45, 7) is 4.61. The van der Waals surface area contributed by atoms with Crippen LogP contribution in [0.4, 0.5) is 5.69 Å². The van der Waals surface area contributed by atoms with Crippen LogP contribution in [0.3, 0.4) is 0 Å². The van der Waals surface area contributed by atoms with Crippen molar-refractivity contribution in [3.8, 4) is 11.5 Å². The van der Waals surface area contributed by atoms with E-state index in [0.717, 1.165) is 11.3 Å². The number of rotatable bonds is 6. The Kier molecular flexibility index (Phi) is 6.91. The maximum atomic E-state index is 13.2. The molecule has 2 aromatic carbocycles. The minimum Gasteiger partial charge on any atom is -0.497 e. The second kappa shape index (κ2) is 9.28. The van der Waals surface area contributed by atoms with Gasteiger partial charge in [0.15, 0.2) is 0 Å². The van der Waals surface area contributed by atoms with Gasteiger partial charge in [-0.05, 0) is 62.1 Å². The third-order valence-electron chi connectivity index (χ3n) is 6.00. The van der Waals surface area contributed by atoms with Gasteiger partial charge in [0, 0.05) is 37.8 Å². The minimum absolute atomic E-state index is 0.0132. The molecule has 8 heteroatoms. The van der Waals surface area contributed by atoms with Gasteiger partial charge in [0.25, 0.3) is 0 Å². The number of piperidine rings is 1. The molecule has 1 saturated heterocycles. The van der Waals surface area contributed by atoms with E-state index in [0.29, 0.717) is 18.6 Å². The lowest BCUT2D eigenvalue weighted by Gasteiger charge is -2.33. The Bertz CT molecular complexity index is 1060. The van der Waals surface area contributed by atoms with Crippen LogP contribution >= 0.6 is 0 Å². The number of nitrogens with zero attached hydrogens (tertiary/aromatic N) is 2. The lowest BCUT2D eigenvalue weighted by molar-refractivity contribution is -0.123. The molecule has 1 heterocycles. The highest BCUT2D eigenvalue weighted by Gasteiger charge is 2.35. The number of ether oxygens (including phenoxy) is 2. The van der Waals surface area contributed by atoms with Crippen LogP contribution in [-0.2, 0) is 14.8 Å². The quantitative estimate of drug-likeness (QED) is 0.680. The molecule has 3 rings (SSSR count). The zero-order valence-electron chi connectivity index (χ0n) is 18.7. The van der Waals surface area contributed by atoms with Crippen molar-refractivity contribution in [1.82, 2.24) is 4.31 Å². The first-order valence-corrected chi connectivity index (χ1v) is 11.7. The largest absolute Gasteiger partial charge is 0.497 e. The smallest absolute Gasteiger partial charge is 0.246 e. The van der Waals surface area contributed by atoms with Crippen molar-refractivity contribution >= 4 is 21.6 Å². The van der Waals surface area contributed by atoms with E-state index < -0.39 is 10.0 Å². The van der Waals surface area contributed by atoms with Gasteiger partial charge in [-0.1, -0.05) is 6.07 Å². The molecule has 168 valence electrons. The lowest BCUT2D eigenvalue weighted by atomic mass is 9.96. The van der Waals surface area contributed by atoms with Gasteiger partial charge in [-0.25, -0.2) is 8.42 Å². The molecular weight excluding hydrogens is 416 g/mol. The fourth-order valence-electron chi connectivity index (χ4n) is 3.80. The predicted molar refractivity (Wildman–Crippen MR) is 120 cm³/mol. The molecule has 1 aliphatic heterocycles. The van der Waals surface area contributed by atoms with Gasteiger partial charge < -0.3 is 14.4 Å². The summed E-state index contributed by atoms with van der Waals surface area (Å²) in [5.74, 6) is 0.512. The van der Waals surface area contributed by atoms with E-state index >= 15 is 0 Å². The number of carbonyl (C=O) groups is 1. The number of hydrogen-bond acceptors (Lipinski definition) is 5. The first kappa shape index (κ1) is 23.1. The molecule has 31 heavy (non-hydrogen) atoms. The number of aryl methyl sites for hydroxylation is 2. The molecule has 0 spiro atoms. The van der Waals surface area contributed by atoms with E-state index in [2.05, 4.69) is 0 Å². The van der Waals surface area contributed by atoms with Crippen LogP contribution < -0.4 is 14.4 Å². The van der Waals surface area contributed by atoms with Crippen molar-refractivity contribution in [3.63, 3.8) is 0 Å². The van der Waals surface area contributed by atoms with Crippen LogP contribution in [0, 0.1) is 19.8 Å². The van der Waals surface area contributed by atoms with E-state index in [1.807, 2.05) is 32.0 Å². The van der Waals surface area contributed by atoms with Crippen molar-refractivity contribution in [3.05, 3.63) is 47.5 Å². The Balaban J connectivity index is 1.72. The molecule has 7 nitrogen and oxygen atoms in total. The average molecular weight is 447 g/mol. The van der Waals surface area contributed by atoms with Crippen LogP contribution in [0.1, 0.15) is 24.0 Å². The highest BCUT2D eigenvalue weighted by Crippen LogP contribution is 2.33. The van der Waals surface area contributed by atoms with Gasteiger partial charge >= 0.3 is 0 Å². The van der Waals surface area contributed by atoms with Gasteiger partial charge in [-0.3, -0.25) is 4.79 Å². The van der Waals surface area contributed by atoms with Crippen LogP contribution in [0.15, 0.2) is 41.3 Å². The number of benzene rings is 2. The number of amides is 1. The maximum absolute atomic E-state index is 13.2. The van der Waals surface area contributed by atoms with E-state index in [-0.39, 0.29) is 35.6 Å². The van der Waals surface area contributed by atoms with Gasteiger partial charge in [0.2, 0.25) is 15.9 Å². The summed E-state index contributed by atoms with van der Waals surface area (Å²) in [4.78, 5) is 14.8. The van der Waals surface area contributed by atoms with Crippen molar-refractivity contribution in [2.75, 3.05) is 39.3 Å². The fraction of sp³-hybridized carbons (Fsp3) is 0.435. The second-order valence-electron chi connectivity index (χ2n) is 7.86. The Hall–Kier alpha value is -2.58. The van der Waals surface area contributed by atoms with E-state index in [9.17, 15) is 13.2 Å². The highest BCUT2D eigenvalue weighted by molar-refractivity contribution is 7.89. The van der Waals surface area contributed by atoms with Crippen molar-refractivity contribution in [2.45, 2.75) is 31.6 Å². The van der Waals surface area contributed by atoms with Gasteiger partial charge in [0.05, 0.1) is 14.2 Å². The van der Waals surface area contributed by atoms with Crippen LogP contribution in [-0.4, -0.2) is 53.0 Å². The summed E-state index contributed by atoms with van der Waals surface area (Å²) in [6.07, 6.45) is 0.944. The Morgan fingerprint density at radius 1 is 1.00 bits per heavy atom. The zero-order chi connectivity index (χ0) is 22.8. The predicted octanol–water partition coefficient (Wildman–Crippen LogP) is 3.38. The monoisotopic (exact) mass is 446 g/mol. The van der Waals surface area contributed by atoms with E-state index in [4.69, 9.17) is 9.47 Å². The molecule has 0 atom stereocenters. The molecule has 0 aromatic heterocycles. The summed E-state index contributed by atoms with van der Waals surface area (Å²) in [7, 11) is 0.935. The molecule has 1 amide bonds. The number of anilines is 1. The number of methoxy groups -OCH3 is 2. The Morgan fingerprint density at radius 2 is 1.68 bits per heavy atom. The number of hydrogen-bond donors (Lipinski definition) is 0. The molecular formula is C23H30N2O5S. The van der Waals surface area contributed by atoms with Gasteiger partial charge in [0.1, 0.15) is 16.4 Å². The maximum Gasteiger partial charge on any atom is 0.246 e. The topological polar surface area (TPSA) is 76.1 Å². The minimum atomic E-state index is -3.77. The van der Waals surface area contributed by atoms with Crippen molar-refractivity contribution in [2.24, 2.45) is 5.92 Å². The average Bonchev–Trinajstić information content (AvgIpc) is 2.79. The summed E-state index contributed by atoms with van der Waals surface area (Å²) >= 11 is 0. The fourth-order valence-corrected chi connectivity index (χ4v) is 5.44. The lowest BCUT2D eigenvalue weighted by Crippen LogP contribution is -2.43. The van der Waals surface area contributed by atoms with Crippen LogP contribution in [0.2, 0.25) is 0 Å². The first-order chi connectivity index (χ1) is 14.7. The molecule has 1 fully saturated rings. The normalized spacial score (nSPS) is 15.5. The summed E-state index contributed by atoms with van der Waals surface area (Å²) < 4.78 is 38.3. The summed E-state index contributed by atoms with van der Waals surface area (Å²) in [5.41, 5.74) is 3.16. The molecule has 1 aliphatic rings. The van der Waals surface area contributed by atoms with Gasteiger partial charge in [-0.15, -0.1) is 0 Å². The number of carbonyl (C=O) groups excluding carboxylic acids is 1. The zero-order valence-corrected chi connectivity index (χ0v) is 19.5. The summed E-state index contributed by atoms with van der Waals surface area (Å²) in [6, 6.07) is 10.7. The first-order valence-electron chi connectivity index (χ1n) is 10.3. The number of sulfonamides is 1. The molecule has 0 N–H and O–H groups in total. The van der Waals surface area contributed by atoms with E-state index in [1.165, 1.54) is 30.2 Å². The molecule has 0 aliphatic carbocycles. The molecule has 0 saturated carbocycles. The molecule has 0 unspecified atom stereocenters. The van der Waals surface area contributed by atoms with Crippen molar-refractivity contribution in [1.29, 1.82) is 0 Å². The SMILES string of the molecule is COc1ccc(OC)c(S(=O)(=O)N2CCC(C(=O)N(C)c3ccc(C)c(C)c3)CC2)c1. The third-order valence-corrected chi connectivity index (χ3v) is 7.92. The van der Waals surface area contributed by atoms with Crippen LogP contribution in [0.25, 0.3) is 0 Å². The Morgan fingerprint density at radius 3 is 2.26 bits per heavy atom. The molecule has 2 aromatic rings. The Labute approximate surface area is 184 Å². The second-order valence-corrected chi connectivity index (χ2v) is 9.77. The molecule has 0 radical (unpaired) electrons. The standard InChI is InChI=1S/C23H30N2O5S/c1-16-6-7-19(14-17(16)2)24(3)23(26)18-10-12-25(13-11-18)31(27,28)22-15-20(29-4)8-9-21(22)30-5/h6-9,14-15,18H,10-13H2,1-5H3. The highest BCUT2D eigenvalue weighted by atomic mass is 32.2. The third kappa shape index (κ3) is 4.70. The summed E-state index contributed by atoms with van der Waals surface area (Å²) in [5, 5.41) is 0. The van der Waals surface area contributed by atoms with E-state index in [1.54, 1.807) is 24.1 Å². The van der Waals surface area contributed by atoms with Gasteiger partial charge in [-0.2, -0.15) is 4.31 Å². The van der Waals surface area contributed by atoms with Crippen molar-refractivity contribution < 1.29 is 22.7 Å². The van der Waals surface area contributed by atoms with Crippen LogP contribution in [0.5, 0.6) is 11.5 Å².